The highest BCUT2D eigenvalue weighted by atomic mass is 32.1. The zero-order valence-corrected chi connectivity index (χ0v) is 23.9. The SMILES string of the molecule is NC(CS)C(=O)NC(Cc1ccc(O)cc1)C(=O)NC(Cc1ccc(O)cc1)C(=O)NC(Cc1ccc(O)cc1)C(=O)O. The molecule has 3 aromatic carbocycles. The molecular formula is C30H34N4O8S. The molecule has 0 saturated carbocycles. The van der Waals surface area contributed by atoms with Crippen molar-refractivity contribution >= 4 is 36.3 Å². The van der Waals surface area contributed by atoms with Gasteiger partial charge < -0.3 is 42.1 Å². The lowest BCUT2D eigenvalue weighted by Crippen LogP contribution is -2.58. The Balaban J connectivity index is 1.86. The van der Waals surface area contributed by atoms with Crippen LogP contribution in [0, 0.1) is 0 Å². The van der Waals surface area contributed by atoms with Crippen molar-refractivity contribution < 1.29 is 39.6 Å². The van der Waals surface area contributed by atoms with Gasteiger partial charge in [-0.3, -0.25) is 14.4 Å². The predicted molar refractivity (Wildman–Crippen MR) is 161 cm³/mol. The average molecular weight is 611 g/mol. The molecule has 4 atom stereocenters. The van der Waals surface area contributed by atoms with Crippen LogP contribution in [0.2, 0.25) is 0 Å². The predicted octanol–water partition coefficient (Wildman–Crippen LogP) is 0.627. The van der Waals surface area contributed by atoms with Crippen LogP contribution in [0.4, 0.5) is 0 Å². The molecule has 0 spiro atoms. The van der Waals surface area contributed by atoms with E-state index in [1.54, 1.807) is 24.3 Å². The molecule has 228 valence electrons. The van der Waals surface area contributed by atoms with E-state index in [9.17, 15) is 39.6 Å². The monoisotopic (exact) mass is 610 g/mol. The maximum Gasteiger partial charge on any atom is 0.326 e. The lowest BCUT2D eigenvalue weighted by molar-refractivity contribution is -0.142. The topological polar surface area (TPSA) is 211 Å². The maximum absolute atomic E-state index is 13.6. The Hall–Kier alpha value is -4.75. The second-order valence-electron chi connectivity index (χ2n) is 9.92. The number of carboxylic acids is 1. The van der Waals surface area contributed by atoms with Crippen LogP contribution in [-0.2, 0) is 38.4 Å². The number of hydrogen-bond donors (Lipinski definition) is 9. The van der Waals surface area contributed by atoms with Gasteiger partial charge in [-0.2, -0.15) is 12.6 Å². The number of aliphatic carboxylic acids is 1. The van der Waals surface area contributed by atoms with Gasteiger partial charge in [0, 0.05) is 25.0 Å². The maximum atomic E-state index is 13.6. The number of carboxylic acid groups (broad SMARTS) is 1. The van der Waals surface area contributed by atoms with Gasteiger partial charge in [-0.15, -0.1) is 0 Å². The van der Waals surface area contributed by atoms with Crippen LogP contribution in [0.1, 0.15) is 16.7 Å². The summed E-state index contributed by atoms with van der Waals surface area (Å²) in [5, 5.41) is 46.3. The third-order valence-corrected chi connectivity index (χ3v) is 6.94. The first-order valence-corrected chi connectivity index (χ1v) is 13.9. The summed E-state index contributed by atoms with van der Waals surface area (Å²) in [5.41, 5.74) is 7.48. The van der Waals surface area contributed by atoms with Gasteiger partial charge in [-0.1, -0.05) is 36.4 Å². The largest absolute Gasteiger partial charge is 0.508 e. The van der Waals surface area contributed by atoms with Gasteiger partial charge in [-0.05, 0) is 53.1 Å². The minimum Gasteiger partial charge on any atom is -0.508 e. The van der Waals surface area contributed by atoms with Crippen molar-refractivity contribution in [1.29, 1.82) is 0 Å². The van der Waals surface area contributed by atoms with Crippen molar-refractivity contribution in [2.75, 3.05) is 5.75 Å². The molecule has 3 rings (SSSR count). The van der Waals surface area contributed by atoms with Crippen molar-refractivity contribution in [1.82, 2.24) is 16.0 Å². The third kappa shape index (κ3) is 10.2. The van der Waals surface area contributed by atoms with Crippen LogP contribution < -0.4 is 21.7 Å². The normalized spacial score (nSPS) is 13.6. The van der Waals surface area contributed by atoms with Crippen molar-refractivity contribution in [3.63, 3.8) is 0 Å². The van der Waals surface area contributed by atoms with E-state index in [1.165, 1.54) is 48.5 Å². The number of rotatable bonds is 14. The molecule has 3 amide bonds. The molecule has 0 bridgehead atoms. The van der Waals surface area contributed by atoms with Crippen molar-refractivity contribution in [3.8, 4) is 17.2 Å². The van der Waals surface area contributed by atoms with Gasteiger partial charge in [0.2, 0.25) is 17.7 Å². The highest BCUT2D eigenvalue weighted by molar-refractivity contribution is 7.80. The number of nitrogens with one attached hydrogen (secondary N) is 3. The Morgan fingerprint density at radius 2 is 0.884 bits per heavy atom. The first-order valence-electron chi connectivity index (χ1n) is 13.3. The number of thiol groups is 1. The number of nitrogens with two attached hydrogens (primary N) is 1. The summed E-state index contributed by atoms with van der Waals surface area (Å²) in [6, 6.07) is 12.9. The number of carbonyl (C=O) groups excluding carboxylic acids is 3. The highest BCUT2D eigenvalue weighted by Crippen LogP contribution is 2.15. The number of phenols is 3. The summed E-state index contributed by atoms with van der Waals surface area (Å²) < 4.78 is 0. The minimum atomic E-state index is -1.36. The number of aromatic hydroxyl groups is 3. The molecule has 0 heterocycles. The van der Waals surface area contributed by atoms with E-state index in [0.717, 1.165) is 0 Å². The molecule has 4 unspecified atom stereocenters. The molecule has 0 aliphatic carbocycles. The Kier molecular flexibility index (Phi) is 11.8. The first-order chi connectivity index (χ1) is 20.4. The Labute approximate surface area is 253 Å². The lowest BCUT2D eigenvalue weighted by atomic mass is 10.0. The lowest BCUT2D eigenvalue weighted by Gasteiger charge is -2.25. The van der Waals surface area contributed by atoms with E-state index in [2.05, 4.69) is 28.6 Å². The number of carbonyl (C=O) groups is 4. The molecule has 3 aromatic rings. The molecule has 0 fully saturated rings. The number of phenolic OH excluding ortho intramolecular Hbond substituents is 3. The van der Waals surface area contributed by atoms with Crippen molar-refractivity contribution in [2.24, 2.45) is 5.73 Å². The van der Waals surface area contributed by atoms with Gasteiger partial charge >= 0.3 is 5.97 Å². The van der Waals surface area contributed by atoms with Crippen LogP contribution in [0.3, 0.4) is 0 Å². The standard InChI is InChI=1S/C30H34N4O8S/c31-23(16-43)27(38)32-24(13-17-1-7-20(35)8-2-17)28(39)33-25(14-18-3-9-21(36)10-4-18)29(40)34-26(30(41)42)15-19-5-11-22(37)12-6-19/h1-12,23-26,35-37,43H,13-16,31H2,(H,32,38)(H,33,39)(H,34,40)(H,41,42). The van der Waals surface area contributed by atoms with Crippen molar-refractivity contribution in [3.05, 3.63) is 89.5 Å². The molecule has 12 nitrogen and oxygen atoms in total. The average Bonchev–Trinajstić information content (AvgIpc) is 2.98. The molecule has 9 N–H and O–H groups in total. The zero-order valence-electron chi connectivity index (χ0n) is 23.0. The van der Waals surface area contributed by atoms with Crippen LogP contribution in [-0.4, -0.2) is 74.0 Å². The third-order valence-electron chi connectivity index (χ3n) is 6.54. The van der Waals surface area contributed by atoms with Crippen LogP contribution in [0.5, 0.6) is 17.2 Å². The van der Waals surface area contributed by atoms with Gasteiger partial charge in [0.05, 0.1) is 6.04 Å². The fraction of sp³-hybridized carbons (Fsp3) is 0.267. The summed E-state index contributed by atoms with van der Waals surface area (Å²) in [6.45, 7) is 0. The summed E-state index contributed by atoms with van der Waals surface area (Å²) in [7, 11) is 0. The fourth-order valence-electron chi connectivity index (χ4n) is 4.13. The molecule has 0 radical (unpaired) electrons. The summed E-state index contributed by atoms with van der Waals surface area (Å²) >= 11 is 4.03. The van der Waals surface area contributed by atoms with E-state index in [0.29, 0.717) is 16.7 Å². The van der Waals surface area contributed by atoms with Gasteiger partial charge in [-0.25, -0.2) is 4.79 Å². The van der Waals surface area contributed by atoms with Gasteiger partial charge in [0.15, 0.2) is 0 Å². The van der Waals surface area contributed by atoms with Gasteiger partial charge in [0.1, 0.15) is 35.4 Å². The number of benzene rings is 3. The van der Waals surface area contributed by atoms with E-state index in [1.807, 2.05) is 0 Å². The quantitative estimate of drug-likeness (QED) is 0.117. The Bertz CT molecular complexity index is 1400. The highest BCUT2D eigenvalue weighted by Gasteiger charge is 2.31. The van der Waals surface area contributed by atoms with Crippen LogP contribution >= 0.6 is 12.6 Å². The minimum absolute atomic E-state index is 0.000564. The summed E-state index contributed by atoms with van der Waals surface area (Å²) in [5.74, 6) is -3.47. The van der Waals surface area contributed by atoms with Crippen LogP contribution in [0.15, 0.2) is 72.8 Å². The molecule has 0 saturated heterocycles. The molecule has 0 aromatic heterocycles. The van der Waals surface area contributed by atoms with E-state index >= 15 is 0 Å². The molecule has 13 heteroatoms. The first kappa shape index (κ1) is 32.8. The molecule has 0 aliphatic heterocycles. The van der Waals surface area contributed by atoms with Crippen LogP contribution in [0.25, 0.3) is 0 Å². The molecular weight excluding hydrogens is 576 g/mol. The number of hydrogen-bond acceptors (Lipinski definition) is 9. The van der Waals surface area contributed by atoms with E-state index in [-0.39, 0.29) is 42.3 Å². The second-order valence-corrected chi connectivity index (χ2v) is 10.3. The Morgan fingerprint density at radius 1 is 0.581 bits per heavy atom. The smallest absolute Gasteiger partial charge is 0.326 e. The fourth-order valence-corrected chi connectivity index (χ4v) is 4.29. The van der Waals surface area contributed by atoms with Gasteiger partial charge in [0.25, 0.3) is 0 Å². The summed E-state index contributed by atoms with van der Waals surface area (Å²) in [6.07, 6.45) is -0.175. The van der Waals surface area contributed by atoms with E-state index < -0.39 is 47.9 Å². The van der Waals surface area contributed by atoms with E-state index in [4.69, 9.17) is 5.73 Å². The molecule has 43 heavy (non-hydrogen) atoms. The number of amides is 3. The van der Waals surface area contributed by atoms with Crippen molar-refractivity contribution in [2.45, 2.75) is 43.4 Å². The molecule has 0 aliphatic rings. The summed E-state index contributed by atoms with van der Waals surface area (Å²) in [4.78, 5) is 51.7. The Morgan fingerprint density at radius 3 is 1.21 bits per heavy atom. The zero-order chi connectivity index (χ0) is 31.5. The second kappa shape index (κ2) is 15.5.